The summed E-state index contributed by atoms with van der Waals surface area (Å²) in [5.74, 6) is 0.514. The van der Waals surface area contributed by atoms with E-state index in [4.69, 9.17) is 4.74 Å². The second-order valence-electron chi connectivity index (χ2n) is 10.6. The zero-order valence-electron chi connectivity index (χ0n) is 22.2. The lowest BCUT2D eigenvalue weighted by molar-refractivity contribution is 0.0934. The highest BCUT2D eigenvalue weighted by molar-refractivity contribution is 5.94. The topological polar surface area (TPSA) is 44.8 Å². The predicted octanol–water partition coefficient (Wildman–Crippen LogP) is 5.75. The highest BCUT2D eigenvalue weighted by Gasteiger charge is 2.22. The number of rotatable bonds is 9. The van der Waals surface area contributed by atoms with Gasteiger partial charge in [0.2, 0.25) is 0 Å². The quantitative estimate of drug-likeness (QED) is 0.394. The van der Waals surface area contributed by atoms with E-state index in [0.29, 0.717) is 18.2 Å². The van der Waals surface area contributed by atoms with Crippen LogP contribution in [0, 0.1) is 5.82 Å². The number of benzene rings is 3. The maximum atomic E-state index is 13.3. The van der Waals surface area contributed by atoms with Crippen LogP contribution in [0.3, 0.4) is 0 Å². The summed E-state index contributed by atoms with van der Waals surface area (Å²) in [4.78, 5) is 17.5. The summed E-state index contributed by atoms with van der Waals surface area (Å²) in [6.45, 7) is 4.66. The van der Waals surface area contributed by atoms with E-state index < -0.39 is 0 Å². The van der Waals surface area contributed by atoms with E-state index in [9.17, 15) is 9.18 Å². The van der Waals surface area contributed by atoms with Crippen molar-refractivity contribution in [3.05, 3.63) is 89.7 Å². The first-order valence-electron chi connectivity index (χ1n) is 13.9. The zero-order valence-corrected chi connectivity index (χ0v) is 22.2. The summed E-state index contributed by atoms with van der Waals surface area (Å²) in [5, 5.41) is 3.08. The van der Waals surface area contributed by atoms with Crippen molar-refractivity contribution < 1.29 is 13.9 Å². The van der Waals surface area contributed by atoms with E-state index in [-0.39, 0.29) is 17.8 Å². The van der Waals surface area contributed by atoms with E-state index in [1.165, 1.54) is 30.5 Å². The Kier molecular flexibility index (Phi) is 8.72. The van der Waals surface area contributed by atoms with Gasteiger partial charge in [-0.25, -0.2) is 4.39 Å². The molecule has 5 rings (SSSR count). The van der Waals surface area contributed by atoms with Crippen molar-refractivity contribution in [2.24, 2.45) is 0 Å². The fraction of sp³-hybridized carbons (Fsp3) is 0.406. The fourth-order valence-corrected chi connectivity index (χ4v) is 5.64. The van der Waals surface area contributed by atoms with Crippen LogP contribution in [0.4, 0.5) is 4.39 Å². The summed E-state index contributed by atoms with van der Waals surface area (Å²) in [6.07, 6.45) is 5.50. The van der Waals surface area contributed by atoms with Gasteiger partial charge in [-0.2, -0.15) is 0 Å². The second-order valence-corrected chi connectivity index (χ2v) is 10.6. The zero-order chi connectivity index (χ0) is 26.3. The average Bonchev–Trinajstić information content (AvgIpc) is 3.35. The Bertz CT molecular complexity index is 1210. The molecule has 1 N–H and O–H groups in total. The summed E-state index contributed by atoms with van der Waals surface area (Å²) in [6, 6.07) is 23.3. The number of carbonyl (C=O) groups excluding carboxylic acids is 1. The van der Waals surface area contributed by atoms with E-state index in [1.54, 1.807) is 0 Å². The van der Waals surface area contributed by atoms with Crippen molar-refractivity contribution in [1.82, 2.24) is 15.1 Å². The van der Waals surface area contributed by atoms with Crippen LogP contribution in [0.2, 0.25) is 0 Å². The molecule has 6 heteroatoms. The molecule has 2 aliphatic heterocycles. The van der Waals surface area contributed by atoms with Crippen molar-refractivity contribution in [2.75, 3.05) is 33.2 Å². The van der Waals surface area contributed by atoms with Gasteiger partial charge in [0.05, 0.1) is 0 Å². The lowest BCUT2D eigenvalue weighted by Crippen LogP contribution is -2.37. The largest absolute Gasteiger partial charge is 0.490 e. The third-order valence-electron chi connectivity index (χ3n) is 7.88. The SMILES string of the molecule is CN1CCCC1CCNC(=O)c1cccc(OC2CCN(Cc3cccc(-c4ccc(F)cc4)c3)CC2)c1. The second kappa shape index (κ2) is 12.5. The molecule has 0 spiro atoms. The summed E-state index contributed by atoms with van der Waals surface area (Å²) < 4.78 is 19.6. The van der Waals surface area contributed by atoms with E-state index in [2.05, 4.69) is 46.4 Å². The van der Waals surface area contributed by atoms with Gasteiger partial charge >= 0.3 is 0 Å². The highest BCUT2D eigenvalue weighted by atomic mass is 19.1. The Balaban J connectivity index is 1.08. The van der Waals surface area contributed by atoms with Crippen molar-refractivity contribution in [3.8, 4) is 16.9 Å². The molecule has 38 heavy (non-hydrogen) atoms. The van der Waals surface area contributed by atoms with Crippen LogP contribution >= 0.6 is 0 Å². The lowest BCUT2D eigenvalue weighted by atomic mass is 10.0. The normalized spacial score (nSPS) is 18.9. The van der Waals surface area contributed by atoms with Crippen LogP contribution in [-0.4, -0.2) is 61.1 Å². The molecule has 2 saturated heterocycles. The average molecular weight is 516 g/mol. The monoisotopic (exact) mass is 515 g/mol. The molecule has 0 radical (unpaired) electrons. The number of hydrogen-bond acceptors (Lipinski definition) is 4. The fourth-order valence-electron chi connectivity index (χ4n) is 5.64. The smallest absolute Gasteiger partial charge is 0.251 e. The van der Waals surface area contributed by atoms with Crippen LogP contribution in [0.5, 0.6) is 5.75 Å². The molecule has 3 aromatic carbocycles. The first-order chi connectivity index (χ1) is 18.5. The first-order valence-corrected chi connectivity index (χ1v) is 13.9. The van der Waals surface area contributed by atoms with Gasteiger partial charge in [0.15, 0.2) is 0 Å². The van der Waals surface area contributed by atoms with Crippen LogP contribution in [0.1, 0.15) is 48.0 Å². The van der Waals surface area contributed by atoms with Gasteiger partial charge < -0.3 is 15.0 Å². The number of carbonyl (C=O) groups is 1. The maximum Gasteiger partial charge on any atom is 0.251 e. The minimum absolute atomic E-state index is 0.0335. The molecule has 1 atom stereocenters. The lowest BCUT2D eigenvalue weighted by Gasteiger charge is -2.32. The van der Waals surface area contributed by atoms with Gasteiger partial charge in [-0.1, -0.05) is 36.4 Å². The molecule has 200 valence electrons. The number of amides is 1. The number of hydrogen-bond donors (Lipinski definition) is 1. The van der Waals surface area contributed by atoms with Crippen molar-refractivity contribution in [3.63, 3.8) is 0 Å². The third-order valence-corrected chi connectivity index (χ3v) is 7.88. The van der Waals surface area contributed by atoms with Gasteiger partial charge in [0.25, 0.3) is 5.91 Å². The molecular weight excluding hydrogens is 477 g/mol. The van der Waals surface area contributed by atoms with Crippen molar-refractivity contribution in [2.45, 2.75) is 50.8 Å². The van der Waals surface area contributed by atoms with E-state index in [1.807, 2.05) is 36.4 Å². The molecule has 1 amide bonds. The third kappa shape index (κ3) is 7.00. The van der Waals surface area contributed by atoms with Gasteiger partial charge in [0.1, 0.15) is 17.7 Å². The van der Waals surface area contributed by atoms with Crippen LogP contribution < -0.4 is 10.1 Å². The highest BCUT2D eigenvalue weighted by Crippen LogP contribution is 2.24. The Labute approximate surface area is 225 Å². The van der Waals surface area contributed by atoms with Crippen LogP contribution in [0.25, 0.3) is 11.1 Å². The van der Waals surface area contributed by atoms with Crippen molar-refractivity contribution in [1.29, 1.82) is 0 Å². The van der Waals surface area contributed by atoms with Gasteiger partial charge in [-0.15, -0.1) is 0 Å². The molecule has 3 aromatic rings. The summed E-state index contributed by atoms with van der Waals surface area (Å²) in [5.41, 5.74) is 4.04. The number of halogens is 1. The van der Waals surface area contributed by atoms with Gasteiger partial charge in [0, 0.05) is 37.8 Å². The number of ether oxygens (including phenoxy) is 1. The Morgan fingerprint density at radius 1 is 0.947 bits per heavy atom. The molecule has 0 bridgehead atoms. The molecule has 2 aliphatic rings. The van der Waals surface area contributed by atoms with E-state index >= 15 is 0 Å². The molecule has 1 unspecified atom stereocenters. The molecule has 0 aromatic heterocycles. The predicted molar refractivity (Wildman–Crippen MR) is 150 cm³/mol. The Morgan fingerprint density at radius 3 is 2.50 bits per heavy atom. The van der Waals surface area contributed by atoms with Crippen LogP contribution in [0.15, 0.2) is 72.8 Å². The molecule has 2 fully saturated rings. The Hall–Kier alpha value is -3.22. The minimum atomic E-state index is -0.215. The molecule has 2 heterocycles. The molecule has 5 nitrogen and oxygen atoms in total. The Morgan fingerprint density at radius 2 is 1.74 bits per heavy atom. The van der Waals surface area contributed by atoms with E-state index in [0.717, 1.165) is 62.3 Å². The molecular formula is C32H38FN3O2. The first kappa shape index (κ1) is 26.4. The summed E-state index contributed by atoms with van der Waals surface area (Å²) in [7, 11) is 2.17. The number of nitrogens with zero attached hydrogens (tertiary/aromatic N) is 2. The number of nitrogens with one attached hydrogen (secondary N) is 1. The maximum absolute atomic E-state index is 13.3. The summed E-state index contributed by atoms with van der Waals surface area (Å²) >= 11 is 0. The van der Waals surface area contributed by atoms with Crippen molar-refractivity contribution >= 4 is 5.91 Å². The molecule has 0 aliphatic carbocycles. The molecule has 0 saturated carbocycles. The standard InChI is InChI=1S/C32H38FN3O2/c1-35-18-4-8-29(35)14-17-34-32(37)27-7-3-9-31(22-27)38-30-15-19-36(20-16-30)23-24-5-2-6-26(21-24)25-10-12-28(33)13-11-25/h2-3,5-7,9-13,21-22,29-30H,4,8,14-20,23H2,1H3,(H,34,37). The van der Waals surface area contributed by atoms with Gasteiger partial charge in [-0.3, -0.25) is 9.69 Å². The number of likely N-dealkylation sites (tertiary alicyclic amines) is 2. The minimum Gasteiger partial charge on any atom is -0.490 e. The van der Waals surface area contributed by atoms with Gasteiger partial charge in [-0.05, 0) is 98.8 Å². The van der Waals surface area contributed by atoms with Crippen LogP contribution in [-0.2, 0) is 6.54 Å². The number of piperidine rings is 1.